The van der Waals surface area contributed by atoms with Gasteiger partial charge in [-0.15, -0.1) is 0 Å². The number of hydrogen-bond donors (Lipinski definition) is 0. The molecule has 29 heavy (non-hydrogen) atoms. The zero-order valence-corrected chi connectivity index (χ0v) is 16.6. The lowest BCUT2D eigenvalue weighted by atomic mass is 10.0. The van der Waals surface area contributed by atoms with Gasteiger partial charge in [0.1, 0.15) is 12.4 Å². The molecule has 146 valence electrons. The Labute approximate surface area is 172 Å². The summed E-state index contributed by atoms with van der Waals surface area (Å²) >= 11 is 0. The molecule has 4 nitrogen and oxygen atoms in total. The number of nitriles is 1. The molecule has 1 saturated heterocycles. The van der Waals surface area contributed by atoms with E-state index in [1.165, 1.54) is 12.0 Å². The van der Waals surface area contributed by atoms with E-state index < -0.39 is 0 Å². The number of rotatable bonds is 6. The third kappa shape index (κ3) is 3.96. The van der Waals surface area contributed by atoms with Gasteiger partial charge in [-0.05, 0) is 31.0 Å². The van der Waals surface area contributed by atoms with Crippen molar-refractivity contribution in [2.24, 2.45) is 0 Å². The van der Waals surface area contributed by atoms with Crippen LogP contribution in [-0.4, -0.2) is 24.7 Å². The van der Waals surface area contributed by atoms with Crippen LogP contribution in [0.5, 0.6) is 5.75 Å². The first kappa shape index (κ1) is 19.0. The van der Waals surface area contributed by atoms with Gasteiger partial charge in [-0.3, -0.25) is 0 Å². The fourth-order valence-electron chi connectivity index (χ4n) is 3.98. The quantitative estimate of drug-likeness (QED) is 0.542. The van der Waals surface area contributed by atoms with Crippen LogP contribution in [0.2, 0.25) is 0 Å². The van der Waals surface area contributed by atoms with Gasteiger partial charge in [0.25, 0.3) is 0 Å². The van der Waals surface area contributed by atoms with Gasteiger partial charge in [-0.1, -0.05) is 55.1 Å². The summed E-state index contributed by atoms with van der Waals surface area (Å²) in [5, 5.41) is 16.4. The molecule has 3 aromatic carbocycles. The summed E-state index contributed by atoms with van der Waals surface area (Å²) in [7, 11) is 0. The molecule has 1 heterocycles. The average molecular weight is 383 g/mol. The fraction of sp³-hybridized carbons (Fsp3) is 0.240. The summed E-state index contributed by atoms with van der Waals surface area (Å²) in [4.78, 5) is 0. The molecule has 0 atom stereocenters. The number of hydrogen-bond acceptors (Lipinski definition) is 4. The molecule has 4 heteroatoms. The number of para-hydroxylation sites is 1. The van der Waals surface area contributed by atoms with Crippen molar-refractivity contribution in [1.29, 1.82) is 5.26 Å². The minimum atomic E-state index is 0.501. The summed E-state index contributed by atoms with van der Waals surface area (Å²) in [5.41, 5.74) is 3.04. The van der Waals surface area contributed by atoms with E-state index in [2.05, 4.69) is 46.9 Å². The third-order valence-corrected chi connectivity index (χ3v) is 5.36. The average Bonchev–Trinajstić information content (AvgIpc) is 2.78. The Morgan fingerprint density at radius 3 is 2.55 bits per heavy atom. The second-order valence-electron chi connectivity index (χ2n) is 7.22. The van der Waals surface area contributed by atoms with E-state index in [9.17, 15) is 5.26 Å². The molecule has 4 rings (SSSR count). The van der Waals surface area contributed by atoms with E-state index in [1.807, 2.05) is 36.4 Å². The Morgan fingerprint density at radius 2 is 1.72 bits per heavy atom. The standard InChI is InChI=1S/C25H25N3O/c1-2-17-29-25-12-6-3-9-21(25)19-27-15-7-8-16-28(27)24-14-13-20(18-26)22-10-4-5-11-23(22)24/h2-6,9-14H,1,7-8,15-17,19H2. The van der Waals surface area contributed by atoms with Gasteiger partial charge in [0, 0.05) is 36.0 Å². The van der Waals surface area contributed by atoms with E-state index in [1.54, 1.807) is 6.08 Å². The number of benzene rings is 3. The summed E-state index contributed by atoms with van der Waals surface area (Å²) in [5.74, 6) is 0.905. The number of fused-ring (bicyclic) bond motifs is 1. The summed E-state index contributed by atoms with van der Waals surface area (Å²) < 4.78 is 5.87. The van der Waals surface area contributed by atoms with Crippen LogP contribution in [0, 0.1) is 11.3 Å². The summed E-state index contributed by atoms with van der Waals surface area (Å²) in [6.07, 6.45) is 4.09. The zero-order chi connectivity index (χ0) is 20.1. The van der Waals surface area contributed by atoms with Crippen molar-refractivity contribution >= 4 is 16.5 Å². The van der Waals surface area contributed by atoms with Crippen molar-refractivity contribution in [3.63, 3.8) is 0 Å². The predicted octanol–water partition coefficient (Wildman–Crippen LogP) is 5.29. The molecule has 0 amide bonds. The Kier molecular flexibility index (Phi) is 5.79. The minimum absolute atomic E-state index is 0.501. The molecule has 1 fully saturated rings. The SMILES string of the molecule is C=CCOc1ccccc1CN1CCCCN1c1ccc(C#N)c2ccccc12. The molecule has 0 radical (unpaired) electrons. The number of nitrogens with zero attached hydrogens (tertiary/aromatic N) is 3. The highest BCUT2D eigenvalue weighted by molar-refractivity contribution is 5.97. The molecule has 0 N–H and O–H groups in total. The van der Waals surface area contributed by atoms with Crippen LogP contribution in [-0.2, 0) is 6.54 Å². The van der Waals surface area contributed by atoms with Crippen LogP contribution in [0.4, 0.5) is 5.69 Å². The van der Waals surface area contributed by atoms with Gasteiger partial charge in [-0.2, -0.15) is 5.26 Å². The lowest BCUT2D eigenvalue weighted by molar-refractivity contribution is 0.202. The Hall–Kier alpha value is -3.29. The van der Waals surface area contributed by atoms with Gasteiger partial charge in [-0.25, -0.2) is 5.01 Å². The predicted molar refractivity (Wildman–Crippen MR) is 118 cm³/mol. The molecule has 0 aliphatic carbocycles. The van der Waals surface area contributed by atoms with E-state index in [0.29, 0.717) is 6.61 Å². The highest BCUT2D eigenvalue weighted by Gasteiger charge is 2.23. The second kappa shape index (κ2) is 8.81. The second-order valence-corrected chi connectivity index (χ2v) is 7.22. The first-order valence-electron chi connectivity index (χ1n) is 10.1. The van der Waals surface area contributed by atoms with Crippen molar-refractivity contribution in [1.82, 2.24) is 5.01 Å². The van der Waals surface area contributed by atoms with Crippen LogP contribution >= 0.6 is 0 Å². The van der Waals surface area contributed by atoms with E-state index in [4.69, 9.17) is 4.74 Å². The molecule has 0 saturated carbocycles. The zero-order valence-electron chi connectivity index (χ0n) is 16.6. The molecule has 3 aromatic rings. The van der Waals surface area contributed by atoms with Crippen LogP contribution < -0.4 is 9.75 Å². The van der Waals surface area contributed by atoms with Gasteiger partial charge in [0.15, 0.2) is 0 Å². The maximum Gasteiger partial charge on any atom is 0.124 e. The number of anilines is 1. The highest BCUT2D eigenvalue weighted by Crippen LogP contribution is 2.33. The molecular weight excluding hydrogens is 358 g/mol. The van der Waals surface area contributed by atoms with Crippen molar-refractivity contribution in [3.8, 4) is 11.8 Å². The molecule has 0 spiro atoms. The highest BCUT2D eigenvalue weighted by atomic mass is 16.5. The van der Waals surface area contributed by atoms with E-state index in [0.717, 1.165) is 53.8 Å². The van der Waals surface area contributed by atoms with Crippen molar-refractivity contribution < 1.29 is 4.74 Å². The van der Waals surface area contributed by atoms with Crippen LogP contribution in [0.3, 0.4) is 0 Å². The van der Waals surface area contributed by atoms with Crippen molar-refractivity contribution in [3.05, 3.63) is 84.4 Å². The van der Waals surface area contributed by atoms with Gasteiger partial charge >= 0.3 is 0 Å². The van der Waals surface area contributed by atoms with E-state index in [-0.39, 0.29) is 0 Å². The number of hydrazine groups is 1. The topological polar surface area (TPSA) is 39.5 Å². The Balaban J connectivity index is 1.69. The van der Waals surface area contributed by atoms with Crippen LogP contribution in [0.1, 0.15) is 24.0 Å². The fourth-order valence-corrected chi connectivity index (χ4v) is 3.98. The minimum Gasteiger partial charge on any atom is -0.489 e. The van der Waals surface area contributed by atoms with E-state index >= 15 is 0 Å². The molecular formula is C25H25N3O. The molecule has 1 aliphatic heterocycles. The van der Waals surface area contributed by atoms with Gasteiger partial charge < -0.3 is 9.75 Å². The van der Waals surface area contributed by atoms with Crippen molar-refractivity contribution in [2.75, 3.05) is 24.7 Å². The van der Waals surface area contributed by atoms with Gasteiger partial charge in [0.05, 0.1) is 17.3 Å². The van der Waals surface area contributed by atoms with Crippen molar-refractivity contribution in [2.45, 2.75) is 19.4 Å². The lowest BCUT2D eigenvalue weighted by Crippen LogP contribution is -2.47. The molecule has 0 bridgehead atoms. The summed E-state index contributed by atoms with van der Waals surface area (Å²) in [6, 6.07) is 22.7. The van der Waals surface area contributed by atoms with Crippen LogP contribution in [0.15, 0.2) is 73.3 Å². The summed E-state index contributed by atoms with van der Waals surface area (Å²) in [6.45, 7) is 6.98. The Bertz CT molecular complexity index is 1050. The number of ether oxygens (including phenoxy) is 1. The lowest BCUT2D eigenvalue weighted by Gasteiger charge is -2.41. The molecule has 0 aromatic heterocycles. The third-order valence-electron chi connectivity index (χ3n) is 5.36. The van der Waals surface area contributed by atoms with Gasteiger partial charge in [0.2, 0.25) is 0 Å². The maximum atomic E-state index is 9.49. The maximum absolute atomic E-state index is 9.49. The first-order chi connectivity index (χ1) is 14.3. The molecule has 1 aliphatic rings. The smallest absolute Gasteiger partial charge is 0.124 e. The van der Waals surface area contributed by atoms with Crippen LogP contribution in [0.25, 0.3) is 10.8 Å². The normalized spacial score (nSPS) is 14.5. The molecule has 0 unspecified atom stereocenters. The largest absolute Gasteiger partial charge is 0.489 e. The monoisotopic (exact) mass is 383 g/mol. The Morgan fingerprint density at radius 1 is 0.966 bits per heavy atom. The first-order valence-corrected chi connectivity index (χ1v) is 10.1.